The molecule has 0 aromatic heterocycles. The second-order valence-electron chi connectivity index (χ2n) is 9.68. The molecule has 2 rings (SSSR count). The standard InChI is InChI=1S/C23H42NO2P3/c1-8-10-15(2)11-9-13-23(5)14-12-16-18(25-23)21(29)20(28)17(19(16)27)22(3,4)26-24(6)7/h15H,8-14,27-29H2,1-7H3. The molecule has 0 bridgehead atoms. The summed E-state index contributed by atoms with van der Waals surface area (Å²) in [5.41, 5.74) is 2.03. The molecule has 0 saturated carbocycles. The van der Waals surface area contributed by atoms with Gasteiger partial charge in [0.05, 0.1) is 0 Å². The summed E-state index contributed by atoms with van der Waals surface area (Å²) in [7, 11) is 12.7. The van der Waals surface area contributed by atoms with Gasteiger partial charge in [0, 0.05) is 30.5 Å². The highest BCUT2D eigenvalue weighted by molar-refractivity contribution is 7.36. The smallest absolute Gasteiger partial charge is 0.131 e. The maximum Gasteiger partial charge on any atom is 0.131 e. The highest BCUT2D eigenvalue weighted by atomic mass is 31.0. The lowest BCUT2D eigenvalue weighted by Gasteiger charge is -2.40. The maximum atomic E-state index is 6.70. The molecule has 0 amide bonds. The van der Waals surface area contributed by atoms with Crippen molar-refractivity contribution >= 4 is 43.6 Å². The first-order valence-corrected chi connectivity index (χ1v) is 12.7. The van der Waals surface area contributed by atoms with Crippen molar-refractivity contribution in [2.24, 2.45) is 5.92 Å². The van der Waals surface area contributed by atoms with Crippen LogP contribution in [0.15, 0.2) is 0 Å². The first-order valence-electron chi connectivity index (χ1n) is 11.0. The van der Waals surface area contributed by atoms with Crippen LogP contribution in [0.2, 0.25) is 0 Å². The zero-order valence-electron chi connectivity index (χ0n) is 19.5. The van der Waals surface area contributed by atoms with E-state index in [1.54, 1.807) is 5.06 Å². The van der Waals surface area contributed by atoms with Crippen molar-refractivity contribution in [3.63, 3.8) is 0 Å². The molecular weight excluding hydrogens is 415 g/mol. The highest BCUT2D eigenvalue weighted by Gasteiger charge is 2.37. The van der Waals surface area contributed by atoms with E-state index in [2.05, 4.69) is 62.3 Å². The Morgan fingerprint density at radius 1 is 1.14 bits per heavy atom. The van der Waals surface area contributed by atoms with Crippen molar-refractivity contribution in [3.05, 3.63) is 11.1 Å². The minimum Gasteiger partial charge on any atom is -0.487 e. The fraction of sp³-hybridized carbons (Fsp3) is 0.739. The molecule has 1 heterocycles. The Bertz CT molecular complexity index is 721. The largest absolute Gasteiger partial charge is 0.487 e. The van der Waals surface area contributed by atoms with Crippen LogP contribution in [0.25, 0.3) is 0 Å². The molecule has 5 atom stereocenters. The van der Waals surface area contributed by atoms with Crippen molar-refractivity contribution in [1.82, 2.24) is 5.06 Å². The van der Waals surface area contributed by atoms with Crippen LogP contribution in [0, 0.1) is 5.92 Å². The van der Waals surface area contributed by atoms with Gasteiger partial charge in [0.25, 0.3) is 0 Å². The zero-order chi connectivity index (χ0) is 22.0. The summed E-state index contributed by atoms with van der Waals surface area (Å²) in [6.07, 6.45) is 8.39. The van der Waals surface area contributed by atoms with E-state index in [1.165, 1.54) is 42.1 Å². The van der Waals surface area contributed by atoms with Gasteiger partial charge in [-0.2, -0.15) is 5.06 Å². The number of benzene rings is 1. The summed E-state index contributed by atoms with van der Waals surface area (Å²) in [5.74, 6) is 1.88. The summed E-state index contributed by atoms with van der Waals surface area (Å²) in [6, 6.07) is 0. The predicted molar refractivity (Wildman–Crippen MR) is 138 cm³/mol. The molecule has 0 aliphatic carbocycles. The Morgan fingerprint density at radius 2 is 1.79 bits per heavy atom. The predicted octanol–water partition coefficient (Wildman–Crippen LogP) is 4.61. The van der Waals surface area contributed by atoms with E-state index < -0.39 is 5.60 Å². The third kappa shape index (κ3) is 6.14. The molecule has 1 aliphatic rings. The van der Waals surface area contributed by atoms with E-state index in [0.717, 1.165) is 41.5 Å². The quantitative estimate of drug-likeness (QED) is 0.400. The summed E-state index contributed by atoms with van der Waals surface area (Å²) < 4.78 is 6.70. The van der Waals surface area contributed by atoms with Crippen molar-refractivity contribution < 1.29 is 9.57 Å². The van der Waals surface area contributed by atoms with E-state index in [4.69, 9.17) is 9.57 Å². The Kier molecular flexibility index (Phi) is 8.99. The van der Waals surface area contributed by atoms with Crippen LogP contribution in [0.3, 0.4) is 0 Å². The second kappa shape index (κ2) is 10.2. The molecule has 1 aromatic rings. The highest BCUT2D eigenvalue weighted by Crippen LogP contribution is 2.38. The summed E-state index contributed by atoms with van der Waals surface area (Å²) >= 11 is 0. The van der Waals surface area contributed by atoms with E-state index in [9.17, 15) is 0 Å². The van der Waals surface area contributed by atoms with E-state index >= 15 is 0 Å². The Hall–Kier alpha value is 0.230. The molecule has 0 fully saturated rings. The van der Waals surface area contributed by atoms with Crippen molar-refractivity contribution in [1.29, 1.82) is 0 Å². The first-order chi connectivity index (χ1) is 13.4. The molecule has 0 spiro atoms. The fourth-order valence-electron chi connectivity index (χ4n) is 4.68. The molecular formula is C23H42NO2P3. The summed E-state index contributed by atoms with van der Waals surface area (Å²) in [6.45, 7) is 11.2. The van der Waals surface area contributed by atoms with Gasteiger partial charge in [-0.1, -0.05) is 33.1 Å². The Labute approximate surface area is 186 Å². The molecule has 1 aromatic carbocycles. The molecule has 166 valence electrons. The van der Waals surface area contributed by atoms with Crippen LogP contribution in [-0.4, -0.2) is 24.8 Å². The van der Waals surface area contributed by atoms with Crippen LogP contribution < -0.4 is 20.7 Å². The molecule has 6 heteroatoms. The molecule has 29 heavy (non-hydrogen) atoms. The van der Waals surface area contributed by atoms with Crippen molar-refractivity contribution in [2.75, 3.05) is 14.1 Å². The van der Waals surface area contributed by atoms with Gasteiger partial charge >= 0.3 is 0 Å². The summed E-state index contributed by atoms with van der Waals surface area (Å²) in [5, 5.41) is 5.31. The van der Waals surface area contributed by atoms with Gasteiger partial charge in [-0.25, -0.2) is 0 Å². The number of rotatable bonds is 9. The molecule has 0 N–H and O–H groups in total. The number of hydroxylamine groups is 2. The van der Waals surface area contributed by atoms with Crippen LogP contribution in [0.1, 0.15) is 84.3 Å². The maximum absolute atomic E-state index is 6.70. The lowest BCUT2D eigenvalue weighted by atomic mass is 9.85. The molecule has 0 radical (unpaired) electrons. The third-order valence-corrected chi connectivity index (χ3v) is 8.27. The van der Waals surface area contributed by atoms with Gasteiger partial charge in [0.15, 0.2) is 0 Å². The van der Waals surface area contributed by atoms with Gasteiger partial charge in [-0.05, 0) is 63.0 Å². The Morgan fingerprint density at radius 3 is 2.38 bits per heavy atom. The van der Waals surface area contributed by atoms with Gasteiger partial charge in [-0.15, -0.1) is 27.7 Å². The minimum atomic E-state index is -0.422. The number of nitrogens with zero attached hydrogens (tertiary/aromatic N) is 1. The third-order valence-electron chi connectivity index (χ3n) is 6.12. The van der Waals surface area contributed by atoms with E-state index in [0.29, 0.717) is 0 Å². The SMILES string of the molecule is CCCC(C)CCCC1(C)CCc2c(P)c(C(C)(C)ON(C)C)c(P)c(P)c2O1. The summed E-state index contributed by atoms with van der Waals surface area (Å²) in [4.78, 5) is 6.12. The van der Waals surface area contributed by atoms with Gasteiger partial charge < -0.3 is 4.74 Å². The number of hydrogen-bond acceptors (Lipinski definition) is 3. The zero-order valence-corrected chi connectivity index (χ0v) is 23.0. The van der Waals surface area contributed by atoms with Gasteiger partial charge in [0.1, 0.15) is 17.0 Å². The van der Waals surface area contributed by atoms with Gasteiger partial charge in [0.2, 0.25) is 0 Å². The number of ether oxygens (including phenoxy) is 1. The van der Waals surface area contributed by atoms with Crippen LogP contribution in [-0.2, 0) is 16.9 Å². The van der Waals surface area contributed by atoms with E-state index in [-0.39, 0.29) is 5.60 Å². The number of fused-ring (bicyclic) bond motifs is 1. The van der Waals surface area contributed by atoms with Crippen molar-refractivity contribution in [2.45, 2.75) is 90.8 Å². The second-order valence-corrected chi connectivity index (χ2v) is 11.4. The lowest BCUT2D eigenvalue weighted by molar-refractivity contribution is -0.210. The molecule has 0 saturated heterocycles. The van der Waals surface area contributed by atoms with Crippen LogP contribution in [0.4, 0.5) is 0 Å². The lowest BCUT2D eigenvalue weighted by Crippen LogP contribution is -2.45. The first kappa shape index (κ1) is 25.5. The van der Waals surface area contributed by atoms with Crippen molar-refractivity contribution in [3.8, 4) is 5.75 Å². The normalized spacial score (nSPS) is 20.5. The number of hydrogen-bond donors (Lipinski definition) is 0. The van der Waals surface area contributed by atoms with E-state index in [1.807, 2.05) is 14.1 Å². The Balaban J connectivity index is 2.27. The van der Waals surface area contributed by atoms with Crippen LogP contribution in [0.5, 0.6) is 5.75 Å². The minimum absolute atomic E-state index is 0.0738. The molecule has 5 unspecified atom stereocenters. The topological polar surface area (TPSA) is 21.7 Å². The van der Waals surface area contributed by atoms with Crippen LogP contribution >= 0.6 is 27.7 Å². The molecule has 1 aliphatic heterocycles. The monoisotopic (exact) mass is 457 g/mol. The fourth-order valence-corrected chi connectivity index (χ4v) is 6.63. The van der Waals surface area contributed by atoms with Gasteiger partial charge in [-0.3, -0.25) is 4.84 Å². The average molecular weight is 458 g/mol. The molecule has 3 nitrogen and oxygen atoms in total. The average Bonchev–Trinajstić information content (AvgIpc) is 2.58.